The van der Waals surface area contributed by atoms with Gasteiger partial charge in [0.1, 0.15) is 12.3 Å². The van der Waals surface area contributed by atoms with Crippen LogP contribution in [0.5, 0.6) is 5.75 Å². The van der Waals surface area contributed by atoms with Crippen molar-refractivity contribution in [3.05, 3.63) is 81.1 Å². The molecule has 34 heavy (non-hydrogen) atoms. The number of methoxy groups -OCH3 is 1. The van der Waals surface area contributed by atoms with Crippen molar-refractivity contribution in [2.45, 2.75) is 20.0 Å². The van der Waals surface area contributed by atoms with Gasteiger partial charge in [0.2, 0.25) is 5.91 Å². The Hall–Kier alpha value is -4.67. The summed E-state index contributed by atoms with van der Waals surface area (Å²) in [6, 6.07) is 11.6. The van der Waals surface area contributed by atoms with E-state index in [9.17, 15) is 19.2 Å². The number of aromatic nitrogens is 4. The summed E-state index contributed by atoms with van der Waals surface area (Å²) in [6.45, 7) is 2.04. The van der Waals surface area contributed by atoms with Crippen molar-refractivity contribution in [1.82, 2.24) is 19.3 Å². The van der Waals surface area contributed by atoms with Gasteiger partial charge < -0.3 is 24.9 Å². The molecule has 0 spiro atoms. The lowest BCUT2D eigenvalue weighted by molar-refractivity contribution is -0.116. The van der Waals surface area contributed by atoms with Crippen LogP contribution < -0.4 is 26.5 Å². The van der Waals surface area contributed by atoms with Gasteiger partial charge in [-0.1, -0.05) is 0 Å². The Labute approximate surface area is 193 Å². The summed E-state index contributed by atoms with van der Waals surface area (Å²) in [7, 11) is 1.56. The zero-order valence-electron chi connectivity index (χ0n) is 18.5. The molecule has 0 atom stereocenters. The van der Waals surface area contributed by atoms with Gasteiger partial charge in [-0.3, -0.25) is 23.9 Å². The van der Waals surface area contributed by atoms with Crippen LogP contribution in [0.15, 0.2) is 64.4 Å². The Morgan fingerprint density at radius 3 is 2.53 bits per heavy atom. The molecule has 0 radical (unpaired) electrons. The lowest BCUT2D eigenvalue weighted by Gasteiger charge is -2.09. The van der Waals surface area contributed by atoms with E-state index in [0.717, 1.165) is 0 Å². The quantitative estimate of drug-likeness (QED) is 0.358. The van der Waals surface area contributed by atoms with Gasteiger partial charge in [-0.05, 0) is 49.4 Å². The minimum Gasteiger partial charge on any atom is -0.497 e. The largest absolute Gasteiger partial charge is 0.497 e. The van der Waals surface area contributed by atoms with Crippen molar-refractivity contribution < 1.29 is 14.3 Å². The smallest absolute Gasteiger partial charge is 0.316 e. The third-order valence-electron chi connectivity index (χ3n) is 5.12. The highest BCUT2D eigenvalue weighted by molar-refractivity contribution is 6.05. The first-order valence-electron chi connectivity index (χ1n) is 10.4. The highest BCUT2D eigenvalue weighted by Crippen LogP contribution is 2.16. The Kier molecular flexibility index (Phi) is 6.26. The fourth-order valence-electron chi connectivity index (χ4n) is 3.47. The molecule has 4 aromatic rings. The number of rotatable bonds is 7. The van der Waals surface area contributed by atoms with E-state index < -0.39 is 17.0 Å². The summed E-state index contributed by atoms with van der Waals surface area (Å²) in [6.07, 6.45) is 2.96. The Balaban J connectivity index is 1.43. The maximum atomic E-state index is 12.7. The average Bonchev–Trinajstić information content (AvgIpc) is 3.26. The van der Waals surface area contributed by atoms with Gasteiger partial charge in [0.25, 0.3) is 5.91 Å². The first-order valence-corrected chi connectivity index (χ1v) is 10.4. The number of H-pyrrole nitrogens is 1. The van der Waals surface area contributed by atoms with Crippen LogP contribution in [0.25, 0.3) is 11.0 Å². The molecular weight excluding hydrogens is 440 g/mol. The summed E-state index contributed by atoms with van der Waals surface area (Å²) in [4.78, 5) is 51.3. The van der Waals surface area contributed by atoms with Crippen LogP contribution in [0.2, 0.25) is 0 Å². The highest BCUT2D eigenvalue weighted by atomic mass is 16.5. The summed E-state index contributed by atoms with van der Waals surface area (Å²) >= 11 is 0. The molecule has 4 rings (SSSR count). The number of carbonyl (C=O) groups excluding carboxylic acids is 2. The second-order valence-corrected chi connectivity index (χ2v) is 7.39. The van der Waals surface area contributed by atoms with E-state index in [1.807, 2.05) is 0 Å². The Bertz CT molecular complexity index is 1480. The van der Waals surface area contributed by atoms with E-state index in [2.05, 4.69) is 20.7 Å². The molecule has 0 aliphatic rings. The van der Waals surface area contributed by atoms with Crippen molar-refractivity contribution in [3.8, 4) is 5.75 Å². The molecule has 0 bridgehead atoms. The normalized spacial score (nSPS) is 10.8. The maximum absolute atomic E-state index is 12.7. The summed E-state index contributed by atoms with van der Waals surface area (Å²) in [5.74, 6) is -0.0335. The molecule has 0 saturated carbocycles. The first-order chi connectivity index (χ1) is 16.4. The average molecular weight is 462 g/mol. The number of hydrogen-bond acceptors (Lipinski definition) is 6. The third kappa shape index (κ3) is 4.72. The second-order valence-electron chi connectivity index (χ2n) is 7.39. The van der Waals surface area contributed by atoms with Gasteiger partial charge >= 0.3 is 11.1 Å². The topological polar surface area (TPSA) is 140 Å². The van der Waals surface area contributed by atoms with Crippen molar-refractivity contribution in [3.63, 3.8) is 0 Å². The molecule has 0 fully saturated rings. The minimum atomic E-state index is -0.749. The van der Waals surface area contributed by atoms with Crippen LogP contribution >= 0.6 is 0 Å². The molecular formula is C23H22N6O5. The molecule has 2 amide bonds. The summed E-state index contributed by atoms with van der Waals surface area (Å²) < 4.78 is 7.83. The Morgan fingerprint density at radius 2 is 1.82 bits per heavy atom. The van der Waals surface area contributed by atoms with Crippen LogP contribution in [0.4, 0.5) is 11.4 Å². The van der Waals surface area contributed by atoms with Gasteiger partial charge in [-0.15, -0.1) is 0 Å². The number of hydrogen-bond donors (Lipinski definition) is 3. The van der Waals surface area contributed by atoms with Crippen molar-refractivity contribution >= 4 is 34.2 Å². The van der Waals surface area contributed by atoms with E-state index in [0.29, 0.717) is 34.7 Å². The molecule has 2 heterocycles. The van der Waals surface area contributed by atoms with E-state index in [-0.39, 0.29) is 18.0 Å². The molecule has 0 unspecified atom stereocenters. The monoisotopic (exact) mass is 462 g/mol. The van der Waals surface area contributed by atoms with Crippen LogP contribution in [0, 0.1) is 0 Å². The number of benzene rings is 2. The van der Waals surface area contributed by atoms with Gasteiger partial charge in [0.05, 0.1) is 30.0 Å². The maximum Gasteiger partial charge on any atom is 0.316 e. The predicted molar refractivity (Wildman–Crippen MR) is 126 cm³/mol. The van der Waals surface area contributed by atoms with Crippen LogP contribution in [-0.2, 0) is 17.9 Å². The van der Waals surface area contributed by atoms with E-state index in [1.165, 1.54) is 27.7 Å². The SMILES string of the molecule is CCn1c(=O)c(=O)[nH]c2cc(C(=O)Nc3cnn(CC(=O)Nc4ccc(OC)cc4)c3)ccc21. The van der Waals surface area contributed by atoms with Crippen molar-refractivity contribution in [2.24, 2.45) is 0 Å². The standard InChI is InChI=1S/C23H22N6O5/c1-3-29-19-9-4-14(10-18(19)27-22(32)23(29)33)21(31)26-16-11-24-28(12-16)13-20(30)25-15-5-7-17(34-2)8-6-15/h4-12H,3,13H2,1-2H3,(H,25,30)(H,26,31)(H,27,32). The first kappa shape index (κ1) is 22.5. The predicted octanol–water partition coefficient (Wildman–Crippen LogP) is 1.81. The lowest BCUT2D eigenvalue weighted by Crippen LogP contribution is -2.36. The van der Waals surface area contributed by atoms with E-state index in [4.69, 9.17) is 4.74 Å². The fourth-order valence-corrected chi connectivity index (χ4v) is 3.47. The second kappa shape index (κ2) is 9.45. The molecule has 2 aromatic heterocycles. The molecule has 2 aromatic carbocycles. The Morgan fingerprint density at radius 1 is 1.06 bits per heavy atom. The zero-order valence-corrected chi connectivity index (χ0v) is 18.5. The molecule has 0 aliphatic carbocycles. The number of fused-ring (bicyclic) bond motifs is 1. The minimum absolute atomic E-state index is 0.0480. The number of aryl methyl sites for hydroxylation is 1. The molecule has 0 aliphatic heterocycles. The van der Waals surface area contributed by atoms with Crippen LogP contribution in [0.3, 0.4) is 0 Å². The number of ether oxygens (including phenoxy) is 1. The molecule has 11 nitrogen and oxygen atoms in total. The van der Waals surface area contributed by atoms with Crippen molar-refractivity contribution in [2.75, 3.05) is 17.7 Å². The number of nitrogens with zero attached hydrogens (tertiary/aromatic N) is 3. The fraction of sp³-hybridized carbons (Fsp3) is 0.174. The molecule has 174 valence electrons. The summed E-state index contributed by atoms with van der Waals surface area (Å²) in [5, 5.41) is 9.56. The van der Waals surface area contributed by atoms with Crippen LogP contribution in [0.1, 0.15) is 17.3 Å². The van der Waals surface area contributed by atoms with Crippen molar-refractivity contribution in [1.29, 1.82) is 0 Å². The lowest BCUT2D eigenvalue weighted by atomic mass is 10.1. The van der Waals surface area contributed by atoms with Gasteiger partial charge in [-0.25, -0.2) is 0 Å². The number of anilines is 2. The van der Waals surface area contributed by atoms with Crippen LogP contribution in [-0.4, -0.2) is 38.3 Å². The third-order valence-corrected chi connectivity index (χ3v) is 5.12. The van der Waals surface area contributed by atoms with Gasteiger partial charge in [-0.2, -0.15) is 5.10 Å². The summed E-state index contributed by atoms with van der Waals surface area (Å²) in [5.41, 5.74) is 0.819. The van der Waals surface area contributed by atoms with E-state index >= 15 is 0 Å². The highest BCUT2D eigenvalue weighted by Gasteiger charge is 2.12. The molecule has 3 N–H and O–H groups in total. The van der Waals surface area contributed by atoms with Gasteiger partial charge in [0.15, 0.2) is 0 Å². The number of nitrogens with one attached hydrogen (secondary N) is 3. The zero-order chi connectivity index (χ0) is 24.2. The molecule has 11 heteroatoms. The molecule has 0 saturated heterocycles. The van der Waals surface area contributed by atoms with E-state index in [1.54, 1.807) is 50.4 Å². The number of aromatic amines is 1. The number of carbonyl (C=O) groups is 2. The number of amides is 2. The van der Waals surface area contributed by atoms with Gasteiger partial charge in [0, 0.05) is 24.0 Å².